The average molecular weight is 395 g/mol. The van der Waals surface area contributed by atoms with Gasteiger partial charge in [-0.25, -0.2) is 0 Å². The molecule has 0 saturated heterocycles. The number of amides is 1. The third kappa shape index (κ3) is 4.02. The van der Waals surface area contributed by atoms with Crippen LogP contribution in [0, 0.1) is 5.92 Å². The zero-order valence-corrected chi connectivity index (χ0v) is 16.8. The van der Waals surface area contributed by atoms with Crippen LogP contribution in [0.4, 0.5) is 0 Å². The number of rotatable bonds is 7. The van der Waals surface area contributed by atoms with Gasteiger partial charge in [0.25, 0.3) is 5.91 Å². The van der Waals surface area contributed by atoms with Gasteiger partial charge in [0.2, 0.25) is 0 Å². The summed E-state index contributed by atoms with van der Waals surface area (Å²) in [6.45, 7) is 5.20. The number of hydrogen-bond acceptors (Lipinski definition) is 2. The molecule has 140 valence electrons. The number of halogens is 2. The monoisotopic (exact) mass is 394 g/mol. The zero-order valence-electron chi connectivity index (χ0n) is 15.3. The fourth-order valence-corrected chi connectivity index (χ4v) is 3.76. The molecule has 1 aromatic carbocycles. The Morgan fingerprint density at radius 1 is 1.31 bits per heavy atom. The van der Waals surface area contributed by atoms with Crippen molar-refractivity contribution in [3.63, 3.8) is 0 Å². The van der Waals surface area contributed by atoms with Gasteiger partial charge in [0.15, 0.2) is 0 Å². The number of hydrogen-bond donors (Lipinski definition) is 1. The minimum absolute atomic E-state index is 0.232. The summed E-state index contributed by atoms with van der Waals surface area (Å²) in [6.07, 6.45) is 2.15. The van der Waals surface area contributed by atoms with Gasteiger partial charge in [0, 0.05) is 24.7 Å². The Balaban J connectivity index is 1.73. The number of nitrogens with zero attached hydrogens (tertiary/aromatic N) is 1. The fraction of sp³-hybridized carbons (Fsp3) is 0.450. The van der Waals surface area contributed by atoms with Gasteiger partial charge in [-0.3, -0.25) is 4.79 Å². The van der Waals surface area contributed by atoms with Gasteiger partial charge < -0.3 is 14.6 Å². The first-order valence-corrected chi connectivity index (χ1v) is 9.68. The highest BCUT2D eigenvalue weighted by Crippen LogP contribution is 2.48. The lowest BCUT2D eigenvalue weighted by molar-refractivity contribution is 0.0942. The lowest BCUT2D eigenvalue weighted by Gasteiger charge is -2.14. The third-order valence-corrected chi connectivity index (χ3v) is 5.32. The standard InChI is InChI=1S/C20H24Cl2N2O2/c1-12(2)11-26-15-7-5-4-6-14(15)10-23-20(25)18-17(21)16(13-8-9-13)19(22)24(18)3/h4-7,12-13H,8-11H2,1-3H3,(H,23,25). The first-order chi connectivity index (χ1) is 12.4. The molecular formula is C20H24Cl2N2O2. The van der Waals surface area contributed by atoms with E-state index in [-0.39, 0.29) is 5.91 Å². The van der Waals surface area contributed by atoms with Crippen molar-refractivity contribution < 1.29 is 9.53 Å². The van der Waals surface area contributed by atoms with Crippen molar-refractivity contribution in [3.8, 4) is 5.75 Å². The molecule has 1 aliphatic carbocycles. The summed E-state index contributed by atoms with van der Waals surface area (Å²) in [5.74, 6) is 1.37. The molecule has 1 amide bonds. The van der Waals surface area contributed by atoms with Crippen molar-refractivity contribution in [2.45, 2.75) is 39.2 Å². The summed E-state index contributed by atoms with van der Waals surface area (Å²) in [4.78, 5) is 12.7. The Kier molecular flexibility index (Phi) is 5.83. The molecule has 1 heterocycles. The molecule has 1 saturated carbocycles. The summed E-state index contributed by atoms with van der Waals surface area (Å²) in [6, 6.07) is 7.73. The Morgan fingerprint density at radius 2 is 2.00 bits per heavy atom. The third-order valence-electron chi connectivity index (χ3n) is 4.48. The molecule has 1 aliphatic rings. The van der Waals surface area contributed by atoms with Crippen molar-refractivity contribution in [1.29, 1.82) is 0 Å². The van der Waals surface area contributed by atoms with Gasteiger partial charge in [-0.05, 0) is 30.7 Å². The molecule has 0 bridgehead atoms. The Labute approximate surface area is 164 Å². The highest BCUT2D eigenvalue weighted by molar-refractivity contribution is 6.38. The highest BCUT2D eigenvalue weighted by atomic mass is 35.5. The van der Waals surface area contributed by atoms with Crippen molar-refractivity contribution >= 4 is 29.1 Å². The van der Waals surface area contributed by atoms with E-state index in [0.29, 0.717) is 40.9 Å². The van der Waals surface area contributed by atoms with Crippen LogP contribution in [-0.4, -0.2) is 17.1 Å². The Hall–Kier alpha value is -1.65. The first kappa shape index (κ1) is 19.1. The number of carbonyl (C=O) groups is 1. The van der Waals surface area contributed by atoms with Crippen molar-refractivity contribution in [2.75, 3.05) is 6.61 Å². The summed E-state index contributed by atoms with van der Waals surface area (Å²) in [5.41, 5.74) is 2.25. The number of carbonyl (C=O) groups excluding carboxylic acids is 1. The summed E-state index contributed by atoms with van der Waals surface area (Å²) in [7, 11) is 1.77. The van der Waals surface area contributed by atoms with Gasteiger partial charge in [0.05, 0.1) is 11.6 Å². The lowest BCUT2D eigenvalue weighted by Crippen LogP contribution is -2.25. The predicted octanol–water partition coefficient (Wildman–Crippen LogP) is 5.17. The summed E-state index contributed by atoms with van der Waals surface area (Å²) >= 11 is 12.9. The largest absolute Gasteiger partial charge is 0.493 e. The minimum atomic E-state index is -0.232. The minimum Gasteiger partial charge on any atom is -0.493 e. The molecule has 1 N–H and O–H groups in total. The van der Waals surface area contributed by atoms with Gasteiger partial charge >= 0.3 is 0 Å². The van der Waals surface area contributed by atoms with Crippen molar-refractivity contribution in [1.82, 2.24) is 9.88 Å². The summed E-state index contributed by atoms with van der Waals surface area (Å²) in [5, 5.41) is 3.97. The fourth-order valence-electron chi connectivity index (χ4n) is 2.92. The van der Waals surface area contributed by atoms with Gasteiger partial charge in [-0.15, -0.1) is 0 Å². The predicted molar refractivity (Wildman–Crippen MR) is 105 cm³/mol. The number of aromatic nitrogens is 1. The Morgan fingerprint density at radius 3 is 2.65 bits per heavy atom. The second-order valence-electron chi connectivity index (χ2n) is 7.20. The molecule has 26 heavy (non-hydrogen) atoms. The van der Waals surface area contributed by atoms with E-state index in [9.17, 15) is 4.79 Å². The molecule has 1 aromatic heterocycles. The normalized spacial score (nSPS) is 13.9. The van der Waals surface area contributed by atoms with E-state index in [1.165, 1.54) is 0 Å². The number of para-hydroxylation sites is 1. The maximum absolute atomic E-state index is 12.7. The van der Waals surface area contributed by atoms with Crippen LogP contribution in [0.1, 0.15) is 54.2 Å². The van der Waals surface area contributed by atoms with Crippen LogP contribution in [0.25, 0.3) is 0 Å². The molecule has 3 rings (SSSR count). The maximum Gasteiger partial charge on any atom is 0.269 e. The quantitative estimate of drug-likeness (QED) is 0.703. The van der Waals surface area contributed by atoms with E-state index in [1.807, 2.05) is 24.3 Å². The van der Waals surface area contributed by atoms with Crippen LogP contribution in [0.5, 0.6) is 5.75 Å². The van der Waals surface area contributed by atoms with Crippen LogP contribution < -0.4 is 10.1 Å². The van der Waals surface area contributed by atoms with Crippen LogP contribution >= 0.6 is 23.2 Å². The highest BCUT2D eigenvalue weighted by Gasteiger charge is 2.34. The molecule has 4 nitrogen and oxygen atoms in total. The zero-order chi connectivity index (χ0) is 18.8. The second kappa shape index (κ2) is 7.93. The smallest absolute Gasteiger partial charge is 0.269 e. The van der Waals surface area contributed by atoms with E-state index in [4.69, 9.17) is 27.9 Å². The number of ether oxygens (including phenoxy) is 1. The van der Waals surface area contributed by atoms with Crippen molar-refractivity contribution in [3.05, 3.63) is 51.3 Å². The molecule has 2 aromatic rings. The van der Waals surface area contributed by atoms with Crippen molar-refractivity contribution in [2.24, 2.45) is 13.0 Å². The number of nitrogens with one attached hydrogen (secondary N) is 1. The SMILES string of the molecule is CC(C)COc1ccccc1CNC(=O)c1c(Cl)c(C2CC2)c(Cl)n1C. The van der Waals surface area contributed by atoms with Crippen LogP contribution in [0.15, 0.2) is 24.3 Å². The molecule has 6 heteroatoms. The van der Waals surface area contributed by atoms with Crippen LogP contribution in [0.2, 0.25) is 10.2 Å². The molecule has 0 radical (unpaired) electrons. The molecule has 0 atom stereocenters. The van der Waals surface area contributed by atoms with E-state index in [1.54, 1.807) is 11.6 Å². The topological polar surface area (TPSA) is 43.3 Å². The Bertz CT molecular complexity index is 810. The van der Waals surface area contributed by atoms with E-state index in [2.05, 4.69) is 19.2 Å². The molecule has 0 spiro atoms. The summed E-state index contributed by atoms with van der Waals surface area (Å²) < 4.78 is 7.52. The van der Waals surface area contributed by atoms with Crippen LogP contribution in [0.3, 0.4) is 0 Å². The van der Waals surface area contributed by atoms with Crippen LogP contribution in [-0.2, 0) is 13.6 Å². The van der Waals surface area contributed by atoms with Gasteiger partial charge in [-0.2, -0.15) is 0 Å². The average Bonchev–Trinajstić information content (AvgIpc) is 3.40. The number of benzene rings is 1. The second-order valence-corrected chi connectivity index (χ2v) is 7.93. The molecule has 1 fully saturated rings. The van der Waals surface area contributed by atoms with Gasteiger partial charge in [-0.1, -0.05) is 55.2 Å². The molecule has 0 aliphatic heterocycles. The maximum atomic E-state index is 12.7. The van der Waals surface area contributed by atoms with E-state index >= 15 is 0 Å². The molecular weight excluding hydrogens is 371 g/mol. The first-order valence-electron chi connectivity index (χ1n) is 8.92. The lowest BCUT2D eigenvalue weighted by atomic mass is 10.2. The van der Waals surface area contributed by atoms with Gasteiger partial charge in [0.1, 0.15) is 16.6 Å². The molecule has 0 unspecified atom stereocenters. The van der Waals surface area contributed by atoms with E-state index in [0.717, 1.165) is 29.7 Å². The van der Waals surface area contributed by atoms with E-state index < -0.39 is 0 Å².